The molecule has 1 N–H and O–H groups in total. The molecule has 0 unspecified atom stereocenters. The maximum atomic E-state index is 11.5. The van der Waals surface area contributed by atoms with Crippen LogP contribution in [0.15, 0.2) is 0 Å². The number of rotatable bonds is 2. The molecule has 0 saturated carbocycles. The Bertz CT molecular complexity index is 108. The van der Waals surface area contributed by atoms with Crippen molar-refractivity contribution < 1.29 is 32.1 Å². The zero-order valence-corrected chi connectivity index (χ0v) is 4.45. The van der Waals surface area contributed by atoms with Gasteiger partial charge in [-0.15, -0.1) is 0 Å². The molecular formula is C3H3F5O2. The fourth-order valence-electron chi connectivity index (χ4n) is 0.163. The lowest BCUT2D eigenvalue weighted by Gasteiger charge is -2.16. The van der Waals surface area contributed by atoms with Crippen LogP contribution in [-0.4, -0.2) is 24.0 Å². The Kier molecular flexibility index (Phi) is 2.55. The van der Waals surface area contributed by atoms with Gasteiger partial charge < -0.3 is 0 Å². The third-order valence-electron chi connectivity index (χ3n) is 0.661. The van der Waals surface area contributed by atoms with Gasteiger partial charge in [-0.25, -0.2) is 4.89 Å². The molecule has 62 valence electrons. The molecule has 0 radical (unpaired) electrons. The second-order valence-corrected chi connectivity index (χ2v) is 1.48. The van der Waals surface area contributed by atoms with Crippen LogP contribution < -0.4 is 0 Å². The van der Waals surface area contributed by atoms with Crippen molar-refractivity contribution in [2.45, 2.75) is 12.1 Å². The SMILES string of the molecule is OOCC(F)(F)C(F)(F)F. The predicted molar refractivity (Wildman–Crippen MR) is 19.6 cm³/mol. The van der Waals surface area contributed by atoms with Gasteiger partial charge in [0.15, 0.2) is 6.61 Å². The van der Waals surface area contributed by atoms with Gasteiger partial charge >= 0.3 is 12.1 Å². The lowest BCUT2D eigenvalue weighted by molar-refractivity contribution is -0.347. The van der Waals surface area contributed by atoms with Gasteiger partial charge in [-0.05, 0) is 0 Å². The molecule has 2 nitrogen and oxygen atoms in total. The van der Waals surface area contributed by atoms with E-state index in [0.717, 1.165) is 0 Å². The number of alkyl halides is 5. The van der Waals surface area contributed by atoms with E-state index in [4.69, 9.17) is 5.26 Å². The summed E-state index contributed by atoms with van der Waals surface area (Å²) in [6, 6.07) is 0. The molecular weight excluding hydrogens is 163 g/mol. The van der Waals surface area contributed by atoms with E-state index >= 15 is 0 Å². The standard InChI is InChI=1S/C3H3F5O2/c4-2(5,1-10-9)3(6,7)8/h9H,1H2. The molecule has 0 amide bonds. The number of halogens is 5. The van der Waals surface area contributed by atoms with E-state index in [9.17, 15) is 22.0 Å². The minimum Gasteiger partial charge on any atom is -0.252 e. The zero-order chi connectivity index (χ0) is 8.41. The van der Waals surface area contributed by atoms with Crippen molar-refractivity contribution in [3.8, 4) is 0 Å². The third-order valence-corrected chi connectivity index (χ3v) is 0.661. The van der Waals surface area contributed by atoms with E-state index < -0.39 is 18.7 Å². The first kappa shape index (κ1) is 9.57. The van der Waals surface area contributed by atoms with Crippen LogP contribution in [0.5, 0.6) is 0 Å². The molecule has 0 aromatic carbocycles. The first-order chi connectivity index (χ1) is 4.31. The van der Waals surface area contributed by atoms with E-state index in [0.29, 0.717) is 0 Å². The second kappa shape index (κ2) is 2.67. The maximum Gasteiger partial charge on any atom is 0.455 e. The molecule has 0 spiro atoms. The molecule has 0 aromatic heterocycles. The van der Waals surface area contributed by atoms with Gasteiger partial charge in [0, 0.05) is 0 Å². The van der Waals surface area contributed by atoms with Gasteiger partial charge in [-0.3, -0.25) is 5.26 Å². The molecule has 10 heavy (non-hydrogen) atoms. The molecule has 0 fully saturated rings. The smallest absolute Gasteiger partial charge is 0.252 e. The molecule has 0 aromatic rings. The minimum atomic E-state index is -5.67. The minimum absolute atomic E-state index is 2.07. The van der Waals surface area contributed by atoms with E-state index in [1.165, 1.54) is 0 Å². The van der Waals surface area contributed by atoms with Crippen molar-refractivity contribution in [3.05, 3.63) is 0 Å². The summed E-state index contributed by atoms with van der Waals surface area (Å²) in [6.45, 7) is -2.07. The van der Waals surface area contributed by atoms with Crippen LogP contribution in [0.3, 0.4) is 0 Å². The largest absolute Gasteiger partial charge is 0.455 e. The summed E-state index contributed by atoms with van der Waals surface area (Å²) < 4.78 is 56.3. The fourth-order valence-corrected chi connectivity index (χ4v) is 0.163. The van der Waals surface area contributed by atoms with Crippen molar-refractivity contribution in [1.29, 1.82) is 0 Å². The van der Waals surface area contributed by atoms with Crippen LogP contribution in [-0.2, 0) is 4.89 Å². The Morgan fingerprint density at radius 3 is 1.60 bits per heavy atom. The molecule has 0 saturated heterocycles. The van der Waals surface area contributed by atoms with Gasteiger partial charge in [0.25, 0.3) is 0 Å². The predicted octanol–water partition coefficient (Wildman–Crippen LogP) is 1.67. The summed E-state index contributed by atoms with van der Waals surface area (Å²) in [5.74, 6) is -4.98. The monoisotopic (exact) mass is 166 g/mol. The van der Waals surface area contributed by atoms with Crippen molar-refractivity contribution in [2.75, 3.05) is 6.61 Å². The summed E-state index contributed by atoms with van der Waals surface area (Å²) in [5.41, 5.74) is 0. The highest BCUT2D eigenvalue weighted by molar-refractivity contribution is 4.73. The van der Waals surface area contributed by atoms with Crippen LogP contribution in [0, 0.1) is 0 Å². The van der Waals surface area contributed by atoms with E-state index in [2.05, 4.69) is 4.89 Å². The van der Waals surface area contributed by atoms with Gasteiger partial charge in [-0.2, -0.15) is 22.0 Å². The van der Waals surface area contributed by atoms with E-state index in [1.54, 1.807) is 0 Å². The van der Waals surface area contributed by atoms with Crippen molar-refractivity contribution >= 4 is 0 Å². The normalized spacial score (nSPS) is 13.8. The first-order valence-corrected chi connectivity index (χ1v) is 2.02. The van der Waals surface area contributed by atoms with Gasteiger partial charge in [-0.1, -0.05) is 0 Å². The molecule has 0 rings (SSSR count). The molecule has 0 aliphatic heterocycles. The Labute approximate surface area is 52.1 Å². The molecule has 0 heterocycles. The first-order valence-electron chi connectivity index (χ1n) is 2.02. The van der Waals surface area contributed by atoms with Crippen LogP contribution in [0.25, 0.3) is 0 Å². The van der Waals surface area contributed by atoms with Crippen molar-refractivity contribution in [1.82, 2.24) is 0 Å². The average molecular weight is 166 g/mol. The molecule has 0 aliphatic carbocycles. The Balaban J connectivity index is 4.10. The van der Waals surface area contributed by atoms with Gasteiger partial charge in [0.1, 0.15) is 0 Å². The Morgan fingerprint density at radius 2 is 1.50 bits per heavy atom. The quantitative estimate of drug-likeness (QED) is 0.384. The molecule has 0 aliphatic rings. The lowest BCUT2D eigenvalue weighted by atomic mass is 10.3. The number of hydrogen-bond acceptors (Lipinski definition) is 2. The summed E-state index contributed by atoms with van der Waals surface area (Å²) >= 11 is 0. The summed E-state index contributed by atoms with van der Waals surface area (Å²) in [6.07, 6.45) is -5.67. The Morgan fingerprint density at radius 1 is 1.10 bits per heavy atom. The van der Waals surface area contributed by atoms with Crippen molar-refractivity contribution in [2.24, 2.45) is 0 Å². The average Bonchev–Trinajstić information content (AvgIpc) is 1.61. The second-order valence-electron chi connectivity index (χ2n) is 1.48. The summed E-state index contributed by atoms with van der Waals surface area (Å²) in [4.78, 5) is 2.66. The highest BCUT2D eigenvalue weighted by Gasteiger charge is 2.57. The highest BCUT2D eigenvalue weighted by atomic mass is 19.4. The Hall–Kier alpha value is -0.430. The van der Waals surface area contributed by atoms with Crippen molar-refractivity contribution in [3.63, 3.8) is 0 Å². The van der Waals surface area contributed by atoms with E-state index in [1.807, 2.05) is 0 Å². The van der Waals surface area contributed by atoms with Gasteiger partial charge in [0.05, 0.1) is 0 Å². The third kappa shape index (κ3) is 2.07. The lowest BCUT2D eigenvalue weighted by Crippen LogP contribution is -2.40. The topological polar surface area (TPSA) is 29.5 Å². The van der Waals surface area contributed by atoms with Crippen LogP contribution >= 0.6 is 0 Å². The molecule has 7 heteroatoms. The fraction of sp³-hybridized carbons (Fsp3) is 1.00. The highest BCUT2D eigenvalue weighted by Crippen LogP contribution is 2.35. The van der Waals surface area contributed by atoms with Crippen LogP contribution in [0.2, 0.25) is 0 Å². The number of hydrogen-bond donors (Lipinski definition) is 1. The maximum absolute atomic E-state index is 11.5. The molecule has 0 atom stereocenters. The summed E-state index contributed by atoms with van der Waals surface area (Å²) in [5, 5.41) is 7.29. The van der Waals surface area contributed by atoms with Crippen LogP contribution in [0.4, 0.5) is 22.0 Å². The van der Waals surface area contributed by atoms with Crippen LogP contribution in [0.1, 0.15) is 0 Å². The summed E-state index contributed by atoms with van der Waals surface area (Å²) in [7, 11) is 0. The zero-order valence-electron chi connectivity index (χ0n) is 4.45. The van der Waals surface area contributed by atoms with E-state index in [-0.39, 0.29) is 0 Å². The van der Waals surface area contributed by atoms with Gasteiger partial charge in [0.2, 0.25) is 0 Å². The molecule has 0 bridgehead atoms.